The third-order valence-electron chi connectivity index (χ3n) is 2.50. The highest BCUT2D eigenvalue weighted by molar-refractivity contribution is 6.42. The topological polar surface area (TPSA) is 69.6 Å². The van der Waals surface area contributed by atoms with Gasteiger partial charge in [-0.2, -0.15) is 0 Å². The number of rotatable bonds is 3. The molecule has 0 saturated carbocycles. The number of benzene rings is 1. The Hall–Kier alpha value is -1.17. The first-order chi connectivity index (χ1) is 8.73. The number of anilines is 1. The summed E-state index contributed by atoms with van der Waals surface area (Å²) in [4.78, 5) is 23.7. The molecule has 1 unspecified atom stereocenters. The maximum Gasteiger partial charge on any atom is 0.326 e. The molecule has 1 atom stereocenters. The summed E-state index contributed by atoms with van der Waals surface area (Å²) in [6, 6.07) is 1.22. The first-order valence-electron chi connectivity index (χ1n) is 5.15. The quantitative estimate of drug-likeness (QED) is 0.892. The minimum absolute atomic E-state index is 0.169. The van der Waals surface area contributed by atoms with Crippen LogP contribution in [0.4, 0.5) is 10.5 Å². The van der Waals surface area contributed by atoms with Gasteiger partial charge in [-0.1, -0.05) is 34.8 Å². The van der Waals surface area contributed by atoms with Crippen molar-refractivity contribution in [1.82, 2.24) is 4.90 Å². The lowest BCUT2D eigenvalue weighted by molar-refractivity contribution is -0.141. The highest BCUT2D eigenvalue weighted by Crippen LogP contribution is 2.33. The van der Waals surface area contributed by atoms with Gasteiger partial charge >= 0.3 is 12.0 Å². The Morgan fingerprint density at radius 1 is 1.26 bits per heavy atom. The molecule has 2 amide bonds. The normalized spacial score (nSPS) is 11.8. The van der Waals surface area contributed by atoms with E-state index in [-0.39, 0.29) is 15.7 Å². The molecule has 0 heterocycles. The van der Waals surface area contributed by atoms with Crippen LogP contribution in [0.5, 0.6) is 0 Å². The van der Waals surface area contributed by atoms with Gasteiger partial charge in [0.2, 0.25) is 0 Å². The van der Waals surface area contributed by atoms with Crippen molar-refractivity contribution < 1.29 is 14.7 Å². The van der Waals surface area contributed by atoms with Crippen LogP contribution in [0.3, 0.4) is 0 Å². The number of halogens is 3. The van der Waals surface area contributed by atoms with E-state index in [0.717, 1.165) is 4.90 Å². The van der Waals surface area contributed by atoms with Crippen molar-refractivity contribution in [3.05, 3.63) is 27.2 Å². The Morgan fingerprint density at radius 3 is 2.16 bits per heavy atom. The summed E-state index contributed by atoms with van der Waals surface area (Å²) in [5.74, 6) is -1.12. The molecule has 0 radical (unpaired) electrons. The van der Waals surface area contributed by atoms with Crippen molar-refractivity contribution in [2.75, 3.05) is 12.4 Å². The zero-order valence-electron chi connectivity index (χ0n) is 10.1. The van der Waals surface area contributed by atoms with Gasteiger partial charge in [0.15, 0.2) is 0 Å². The van der Waals surface area contributed by atoms with Crippen molar-refractivity contribution >= 4 is 52.5 Å². The van der Waals surface area contributed by atoms with Crippen LogP contribution in [0, 0.1) is 0 Å². The number of carbonyl (C=O) groups excluding carboxylic acids is 1. The van der Waals surface area contributed by atoms with E-state index in [9.17, 15) is 9.59 Å². The molecule has 8 heteroatoms. The average molecular weight is 326 g/mol. The first kappa shape index (κ1) is 15.9. The number of hydrogen-bond acceptors (Lipinski definition) is 2. The van der Waals surface area contributed by atoms with Gasteiger partial charge in [-0.25, -0.2) is 9.59 Å². The van der Waals surface area contributed by atoms with Crippen LogP contribution in [0.15, 0.2) is 12.1 Å². The number of hydrogen-bond donors (Lipinski definition) is 2. The Bertz CT molecular complexity index is 499. The van der Waals surface area contributed by atoms with E-state index >= 15 is 0 Å². The lowest BCUT2D eigenvalue weighted by atomic mass is 10.3. The number of carboxylic acid groups (broad SMARTS) is 1. The number of aliphatic carboxylic acids is 1. The summed E-state index contributed by atoms with van der Waals surface area (Å²) in [5, 5.41) is 11.9. The van der Waals surface area contributed by atoms with E-state index in [4.69, 9.17) is 39.9 Å². The van der Waals surface area contributed by atoms with Gasteiger partial charge in [-0.3, -0.25) is 0 Å². The molecular weight excluding hydrogens is 314 g/mol. The van der Waals surface area contributed by atoms with Crippen LogP contribution < -0.4 is 5.32 Å². The molecule has 5 nitrogen and oxygen atoms in total. The fourth-order valence-electron chi connectivity index (χ4n) is 1.20. The average Bonchev–Trinajstić information content (AvgIpc) is 2.31. The molecule has 0 bridgehead atoms. The molecule has 0 aliphatic rings. The van der Waals surface area contributed by atoms with Crippen molar-refractivity contribution in [3.63, 3.8) is 0 Å². The molecule has 19 heavy (non-hydrogen) atoms. The molecule has 1 aromatic carbocycles. The summed E-state index contributed by atoms with van der Waals surface area (Å²) in [6.45, 7) is 1.38. The lowest BCUT2D eigenvalue weighted by Crippen LogP contribution is -2.42. The number of nitrogens with zero attached hydrogens (tertiary/aromatic N) is 1. The summed E-state index contributed by atoms with van der Waals surface area (Å²) in [6.07, 6.45) is 0. The second-order valence-corrected chi connectivity index (χ2v) is 5.05. The zero-order valence-corrected chi connectivity index (χ0v) is 12.3. The first-order valence-corrected chi connectivity index (χ1v) is 6.28. The molecule has 0 fully saturated rings. The smallest absolute Gasteiger partial charge is 0.326 e. The molecular formula is C11H11Cl3N2O3. The predicted octanol–water partition coefficient (Wildman–Crippen LogP) is 3.58. The minimum atomic E-state index is -1.12. The molecule has 0 spiro atoms. The van der Waals surface area contributed by atoms with E-state index in [1.807, 2.05) is 0 Å². The fourth-order valence-corrected chi connectivity index (χ4v) is 2.11. The van der Waals surface area contributed by atoms with E-state index in [1.54, 1.807) is 0 Å². The van der Waals surface area contributed by atoms with Gasteiger partial charge in [0.25, 0.3) is 0 Å². The van der Waals surface area contributed by atoms with Crippen molar-refractivity contribution in [2.24, 2.45) is 0 Å². The van der Waals surface area contributed by atoms with Crippen LogP contribution in [0.2, 0.25) is 15.1 Å². The maximum atomic E-state index is 11.8. The molecule has 0 saturated heterocycles. The van der Waals surface area contributed by atoms with Gasteiger partial charge in [-0.15, -0.1) is 0 Å². The standard InChI is InChI=1S/C11H11Cl3N2O3/c1-5(10(17)18)16(2)11(19)15-9-7(13)3-6(12)4-8(9)14/h3-5H,1-2H3,(H,15,19)(H,17,18). The number of carbonyl (C=O) groups is 2. The molecule has 0 aromatic heterocycles. The van der Waals surface area contributed by atoms with Crippen LogP contribution in [0.25, 0.3) is 0 Å². The van der Waals surface area contributed by atoms with Crippen LogP contribution in [-0.4, -0.2) is 35.1 Å². The Balaban J connectivity index is 2.92. The van der Waals surface area contributed by atoms with E-state index in [2.05, 4.69) is 5.32 Å². The van der Waals surface area contributed by atoms with Crippen molar-refractivity contribution in [1.29, 1.82) is 0 Å². The molecule has 104 valence electrons. The summed E-state index contributed by atoms with van der Waals surface area (Å²) in [5.41, 5.74) is 0.183. The largest absolute Gasteiger partial charge is 0.480 e. The van der Waals surface area contributed by atoms with Gasteiger partial charge in [-0.05, 0) is 19.1 Å². The zero-order chi connectivity index (χ0) is 14.7. The molecule has 0 aliphatic heterocycles. The number of nitrogens with one attached hydrogen (secondary N) is 1. The third-order valence-corrected chi connectivity index (χ3v) is 3.31. The maximum absolute atomic E-state index is 11.8. The highest BCUT2D eigenvalue weighted by atomic mass is 35.5. The summed E-state index contributed by atoms with van der Waals surface area (Å²) in [7, 11) is 1.35. The second kappa shape index (κ2) is 6.32. The molecule has 1 rings (SSSR count). The minimum Gasteiger partial charge on any atom is -0.480 e. The predicted molar refractivity (Wildman–Crippen MR) is 75.4 cm³/mol. The van der Waals surface area contributed by atoms with E-state index < -0.39 is 18.0 Å². The molecule has 0 aliphatic carbocycles. The summed E-state index contributed by atoms with van der Waals surface area (Å²) >= 11 is 17.6. The third kappa shape index (κ3) is 3.89. The van der Waals surface area contributed by atoms with Gasteiger partial charge in [0.05, 0.1) is 15.7 Å². The van der Waals surface area contributed by atoms with Crippen LogP contribution in [-0.2, 0) is 4.79 Å². The van der Waals surface area contributed by atoms with Gasteiger partial charge in [0, 0.05) is 12.1 Å². The fraction of sp³-hybridized carbons (Fsp3) is 0.273. The monoisotopic (exact) mass is 324 g/mol. The number of amides is 2. The Morgan fingerprint density at radius 2 is 1.74 bits per heavy atom. The number of carboxylic acids is 1. The highest BCUT2D eigenvalue weighted by Gasteiger charge is 2.22. The van der Waals surface area contributed by atoms with E-state index in [0.29, 0.717) is 5.02 Å². The lowest BCUT2D eigenvalue weighted by Gasteiger charge is -2.22. The Labute approximate surface area is 125 Å². The molecule has 1 aromatic rings. The van der Waals surface area contributed by atoms with Gasteiger partial charge < -0.3 is 15.3 Å². The number of urea groups is 1. The Kier molecular flexibility index (Phi) is 5.29. The second-order valence-electron chi connectivity index (χ2n) is 3.80. The number of likely N-dealkylation sites (N-methyl/N-ethyl adjacent to an activating group) is 1. The van der Waals surface area contributed by atoms with Crippen LogP contribution in [0.1, 0.15) is 6.92 Å². The van der Waals surface area contributed by atoms with Crippen LogP contribution >= 0.6 is 34.8 Å². The SMILES string of the molecule is CC(C(=O)O)N(C)C(=O)Nc1c(Cl)cc(Cl)cc1Cl. The van der Waals surface area contributed by atoms with Crippen molar-refractivity contribution in [3.8, 4) is 0 Å². The van der Waals surface area contributed by atoms with Crippen molar-refractivity contribution in [2.45, 2.75) is 13.0 Å². The van der Waals surface area contributed by atoms with E-state index in [1.165, 1.54) is 26.1 Å². The van der Waals surface area contributed by atoms with Gasteiger partial charge in [0.1, 0.15) is 6.04 Å². The summed E-state index contributed by atoms with van der Waals surface area (Å²) < 4.78 is 0. The molecule has 2 N–H and O–H groups in total.